The Morgan fingerprint density at radius 2 is 1.47 bits per heavy atom. The van der Waals surface area contributed by atoms with Crippen LogP contribution in [0, 0.1) is 26.7 Å². The predicted octanol–water partition coefficient (Wildman–Crippen LogP) is 6.65. The Labute approximate surface area is 224 Å². The number of hydrogen-bond acceptors (Lipinski definition) is 4. The lowest BCUT2D eigenvalue weighted by Crippen LogP contribution is -2.58. The summed E-state index contributed by atoms with van der Waals surface area (Å²) < 4.78 is 5.13. The average molecular weight is 516 g/mol. The van der Waals surface area contributed by atoms with Gasteiger partial charge < -0.3 is 20.7 Å². The summed E-state index contributed by atoms with van der Waals surface area (Å²) in [5, 5.41) is 10.6. The number of benzene rings is 3. The highest BCUT2D eigenvalue weighted by molar-refractivity contribution is 6.10. The summed E-state index contributed by atoms with van der Waals surface area (Å²) >= 11 is 0. The number of urea groups is 1. The van der Waals surface area contributed by atoms with Gasteiger partial charge in [-0.25, -0.2) is 9.59 Å². The topological polar surface area (TPSA) is 96.5 Å². The van der Waals surface area contributed by atoms with E-state index in [1.54, 1.807) is 19.1 Å². The van der Waals surface area contributed by atoms with Gasteiger partial charge in [0.05, 0.1) is 18.4 Å². The highest BCUT2D eigenvalue weighted by Crippen LogP contribution is 2.34. The number of rotatable bonds is 6. The first-order chi connectivity index (χ1) is 18.1. The van der Waals surface area contributed by atoms with Gasteiger partial charge in [-0.2, -0.15) is 0 Å². The Hall–Kier alpha value is -3.87. The summed E-state index contributed by atoms with van der Waals surface area (Å²) in [5.74, 6) is -0.927. The third-order valence-electron chi connectivity index (χ3n) is 7.70. The van der Waals surface area contributed by atoms with Gasteiger partial charge >= 0.3 is 12.0 Å². The molecule has 1 fully saturated rings. The maximum Gasteiger partial charge on any atom is 0.331 e. The van der Waals surface area contributed by atoms with Crippen molar-refractivity contribution >= 4 is 40.1 Å². The molecule has 3 aromatic rings. The first kappa shape index (κ1) is 27.2. The summed E-state index contributed by atoms with van der Waals surface area (Å²) in [7, 11) is 1.35. The van der Waals surface area contributed by atoms with Gasteiger partial charge in [-0.3, -0.25) is 4.79 Å². The molecule has 7 nitrogen and oxygen atoms in total. The molecule has 3 aromatic carbocycles. The van der Waals surface area contributed by atoms with Crippen molar-refractivity contribution in [2.75, 3.05) is 17.7 Å². The second-order valence-corrected chi connectivity index (χ2v) is 10.6. The lowest BCUT2D eigenvalue weighted by molar-refractivity contribution is -0.150. The van der Waals surface area contributed by atoms with E-state index in [0.717, 1.165) is 65.3 Å². The van der Waals surface area contributed by atoms with Crippen molar-refractivity contribution in [2.45, 2.75) is 65.3 Å². The number of ether oxygens (including phenoxy) is 1. The fourth-order valence-electron chi connectivity index (χ4n) is 5.69. The first-order valence-electron chi connectivity index (χ1n) is 13.2. The van der Waals surface area contributed by atoms with E-state index in [1.807, 2.05) is 57.2 Å². The standard InChI is InChI=1S/C31H37N3O4/c1-19-15-20(2)27(21(3)16-19)33-30(37)32-26-18-23-12-10-9-11-22(23)17-25(26)28(35)34-31(4,29(36)38-5)24-13-7-6-8-14-24/h9-12,15-18,24H,6-8,13-14H2,1-5H3,(H,34,35)(H2,32,33,37)/t31-/m1/s1. The van der Waals surface area contributed by atoms with E-state index in [-0.39, 0.29) is 11.5 Å². The van der Waals surface area contributed by atoms with E-state index in [0.29, 0.717) is 5.69 Å². The third kappa shape index (κ3) is 5.67. The molecule has 0 aliphatic heterocycles. The molecular weight excluding hydrogens is 478 g/mol. The lowest BCUT2D eigenvalue weighted by Gasteiger charge is -2.38. The molecule has 0 heterocycles. The van der Waals surface area contributed by atoms with Gasteiger partial charge in [0.25, 0.3) is 5.91 Å². The molecule has 0 aromatic heterocycles. The Kier molecular flexibility index (Phi) is 8.05. The number of carbonyl (C=O) groups is 3. The number of fused-ring (bicyclic) bond motifs is 1. The zero-order valence-corrected chi connectivity index (χ0v) is 22.9. The summed E-state index contributed by atoms with van der Waals surface area (Å²) in [5.41, 5.74) is 3.22. The molecule has 0 saturated heterocycles. The van der Waals surface area contributed by atoms with E-state index in [1.165, 1.54) is 7.11 Å². The van der Waals surface area contributed by atoms with Crippen LogP contribution < -0.4 is 16.0 Å². The third-order valence-corrected chi connectivity index (χ3v) is 7.70. The minimum atomic E-state index is -1.17. The molecule has 3 amide bonds. The Morgan fingerprint density at radius 1 is 0.868 bits per heavy atom. The molecule has 4 rings (SSSR count). The van der Waals surface area contributed by atoms with Crippen LogP contribution in [0.3, 0.4) is 0 Å². The molecule has 0 unspecified atom stereocenters. The molecule has 200 valence electrons. The number of carbonyl (C=O) groups excluding carboxylic acids is 3. The van der Waals surface area contributed by atoms with Crippen LogP contribution in [-0.4, -0.2) is 30.6 Å². The molecule has 1 aliphatic rings. The normalized spacial score (nSPS) is 15.4. The molecule has 7 heteroatoms. The molecule has 0 bridgehead atoms. The molecule has 1 aliphatic carbocycles. The van der Waals surface area contributed by atoms with Gasteiger partial charge in [0.15, 0.2) is 0 Å². The Bertz CT molecular complexity index is 1350. The zero-order chi connectivity index (χ0) is 27.4. The average Bonchev–Trinajstić information content (AvgIpc) is 2.90. The van der Waals surface area contributed by atoms with Gasteiger partial charge in [-0.05, 0) is 80.5 Å². The van der Waals surface area contributed by atoms with Crippen LogP contribution in [0.4, 0.5) is 16.2 Å². The number of nitrogens with one attached hydrogen (secondary N) is 3. The fraction of sp³-hybridized carbons (Fsp3) is 0.387. The monoisotopic (exact) mass is 515 g/mol. The molecule has 1 saturated carbocycles. The highest BCUT2D eigenvalue weighted by Gasteiger charge is 2.44. The van der Waals surface area contributed by atoms with Gasteiger partial charge in [0, 0.05) is 5.69 Å². The van der Waals surface area contributed by atoms with Crippen molar-refractivity contribution in [3.8, 4) is 0 Å². The van der Waals surface area contributed by atoms with Crippen LogP contribution in [0.2, 0.25) is 0 Å². The van der Waals surface area contributed by atoms with E-state index >= 15 is 0 Å². The van der Waals surface area contributed by atoms with Gasteiger partial charge in [0.1, 0.15) is 5.54 Å². The van der Waals surface area contributed by atoms with Gasteiger partial charge in [-0.15, -0.1) is 0 Å². The van der Waals surface area contributed by atoms with Crippen LogP contribution in [0.1, 0.15) is 66.1 Å². The quantitative estimate of drug-likeness (QED) is 0.320. The van der Waals surface area contributed by atoms with Crippen LogP contribution in [-0.2, 0) is 9.53 Å². The predicted molar refractivity (Wildman–Crippen MR) is 152 cm³/mol. The smallest absolute Gasteiger partial charge is 0.331 e. The summed E-state index contributed by atoms with van der Waals surface area (Å²) in [6, 6.07) is 14.7. The van der Waals surface area contributed by atoms with Crippen LogP contribution in [0.5, 0.6) is 0 Å². The van der Waals surface area contributed by atoms with Crippen molar-refractivity contribution in [3.05, 3.63) is 70.8 Å². The fourth-order valence-corrected chi connectivity index (χ4v) is 5.69. The van der Waals surface area contributed by atoms with Crippen LogP contribution in [0.25, 0.3) is 10.8 Å². The SMILES string of the molecule is COC(=O)[C@](C)(NC(=O)c1cc2ccccc2cc1NC(=O)Nc1c(C)cc(C)cc1C)C1CCCCC1. The van der Waals surface area contributed by atoms with Crippen molar-refractivity contribution < 1.29 is 19.1 Å². The number of aryl methyl sites for hydroxylation is 3. The Balaban J connectivity index is 1.67. The molecule has 0 radical (unpaired) electrons. The van der Waals surface area contributed by atoms with E-state index < -0.39 is 23.4 Å². The minimum absolute atomic E-state index is 0.0275. The number of methoxy groups -OCH3 is 1. The van der Waals surface area contributed by atoms with Crippen molar-refractivity contribution in [1.82, 2.24) is 5.32 Å². The second kappa shape index (κ2) is 11.3. The first-order valence-corrected chi connectivity index (χ1v) is 13.2. The molecular formula is C31H37N3O4. The summed E-state index contributed by atoms with van der Waals surface area (Å²) in [6.45, 7) is 7.66. The van der Waals surface area contributed by atoms with Crippen LogP contribution in [0.15, 0.2) is 48.5 Å². The summed E-state index contributed by atoms with van der Waals surface area (Å²) in [6.07, 6.45) is 4.82. The van der Waals surface area contributed by atoms with E-state index in [2.05, 4.69) is 16.0 Å². The maximum atomic E-state index is 13.8. The van der Waals surface area contributed by atoms with Crippen molar-refractivity contribution in [2.24, 2.45) is 5.92 Å². The molecule has 3 N–H and O–H groups in total. The van der Waals surface area contributed by atoms with Crippen LogP contribution >= 0.6 is 0 Å². The van der Waals surface area contributed by atoms with E-state index in [9.17, 15) is 14.4 Å². The largest absolute Gasteiger partial charge is 0.467 e. The number of amides is 3. The van der Waals surface area contributed by atoms with Gasteiger partial charge in [-0.1, -0.05) is 61.2 Å². The highest BCUT2D eigenvalue weighted by atomic mass is 16.5. The number of esters is 1. The molecule has 1 atom stereocenters. The second-order valence-electron chi connectivity index (χ2n) is 10.6. The van der Waals surface area contributed by atoms with E-state index in [4.69, 9.17) is 4.74 Å². The zero-order valence-electron chi connectivity index (χ0n) is 22.9. The van der Waals surface area contributed by atoms with Crippen molar-refractivity contribution in [1.29, 1.82) is 0 Å². The summed E-state index contributed by atoms with van der Waals surface area (Å²) in [4.78, 5) is 39.9. The molecule has 0 spiro atoms. The number of anilines is 2. The Morgan fingerprint density at radius 3 is 2.08 bits per heavy atom. The lowest BCUT2D eigenvalue weighted by atomic mass is 9.75. The molecule has 38 heavy (non-hydrogen) atoms. The minimum Gasteiger partial charge on any atom is -0.467 e. The van der Waals surface area contributed by atoms with Crippen molar-refractivity contribution in [3.63, 3.8) is 0 Å². The number of hydrogen-bond donors (Lipinski definition) is 3. The maximum absolute atomic E-state index is 13.8. The van der Waals surface area contributed by atoms with Gasteiger partial charge in [0.2, 0.25) is 0 Å².